The number of aromatic carboxylic acids is 1. The van der Waals surface area contributed by atoms with E-state index in [-0.39, 0.29) is 21.8 Å². The molecular weight excluding hydrogens is 204 g/mol. The maximum absolute atomic E-state index is 10.8. The van der Waals surface area contributed by atoms with Crippen molar-refractivity contribution in [1.29, 1.82) is 0 Å². The molecule has 0 saturated carbocycles. The Morgan fingerprint density at radius 2 is 2.00 bits per heavy atom. The van der Waals surface area contributed by atoms with Crippen LogP contribution >= 0.6 is 11.3 Å². The molecule has 0 aliphatic carbocycles. The van der Waals surface area contributed by atoms with Gasteiger partial charge in [-0.1, -0.05) is 17.4 Å². The number of rotatable bonds is 1. The number of hydrogen-bond donors (Lipinski definition) is 3. The second-order valence-electron chi connectivity index (χ2n) is 2.74. The molecule has 14 heavy (non-hydrogen) atoms. The largest absolute Gasteiger partial charge is 0.507 e. The van der Waals surface area contributed by atoms with Crippen LogP contribution in [0.3, 0.4) is 0 Å². The first-order valence-electron chi connectivity index (χ1n) is 3.78. The van der Waals surface area contributed by atoms with Gasteiger partial charge < -0.3 is 15.3 Å². The van der Waals surface area contributed by atoms with Crippen molar-refractivity contribution in [2.24, 2.45) is 0 Å². The summed E-state index contributed by atoms with van der Waals surface area (Å²) < 4.78 is 0.555. The summed E-state index contributed by atoms with van der Waals surface area (Å²) in [7, 11) is 0. The van der Waals surface area contributed by atoms with Gasteiger partial charge >= 0.3 is 5.97 Å². The van der Waals surface area contributed by atoms with Gasteiger partial charge in [-0.25, -0.2) is 4.79 Å². The summed E-state index contributed by atoms with van der Waals surface area (Å²) >= 11 is 0.936. The zero-order valence-electron chi connectivity index (χ0n) is 6.89. The minimum atomic E-state index is -1.24. The van der Waals surface area contributed by atoms with E-state index in [1.54, 1.807) is 12.1 Å². The molecule has 72 valence electrons. The first-order chi connectivity index (χ1) is 6.61. The Kier molecular flexibility index (Phi) is 1.82. The predicted octanol–water partition coefficient (Wildman–Crippen LogP) is 2.01. The van der Waals surface area contributed by atoms with Crippen LogP contribution in [-0.4, -0.2) is 21.3 Å². The van der Waals surface area contributed by atoms with Crippen LogP contribution in [0.2, 0.25) is 0 Å². The predicted molar refractivity (Wildman–Crippen MR) is 52.1 cm³/mol. The highest BCUT2D eigenvalue weighted by Gasteiger charge is 2.19. The lowest BCUT2D eigenvalue weighted by Gasteiger charge is -1.95. The Hall–Kier alpha value is -1.75. The van der Waals surface area contributed by atoms with Crippen LogP contribution in [0.25, 0.3) is 10.1 Å². The van der Waals surface area contributed by atoms with Crippen molar-refractivity contribution in [3.05, 3.63) is 23.8 Å². The fourth-order valence-electron chi connectivity index (χ4n) is 1.32. The highest BCUT2D eigenvalue weighted by atomic mass is 32.1. The van der Waals surface area contributed by atoms with Crippen molar-refractivity contribution >= 4 is 27.4 Å². The molecule has 0 amide bonds. The molecule has 0 saturated heterocycles. The van der Waals surface area contributed by atoms with Crippen molar-refractivity contribution in [2.45, 2.75) is 0 Å². The average molecular weight is 210 g/mol. The minimum absolute atomic E-state index is 0.128. The average Bonchev–Trinajstić information content (AvgIpc) is 2.42. The first-order valence-corrected chi connectivity index (χ1v) is 4.59. The van der Waals surface area contributed by atoms with Crippen LogP contribution in [0, 0.1) is 0 Å². The molecular formula is C9H6O4S. The standard InChI is InChI=1S/C9H6O4S/c10-4-2-1-3-5-6(4)7(8(11)12)9(13)14-5/h1-3,10,13H,(H,11,12). The van der Waals surface area contributed by atoms with Gasteiger partial charge in [-0.2, -0.15) is 0 Å². The molecule has 0 bridgehead atoms. The zero-order valence-corrected chi connectivity index (χ0v) is 7.71. The molecule has 0 radical (unpaired) electrons. The third-order valence-corrected chi connectivity index (χ3v) is 2.85. The van der Waals surface area contributed by atoms with Gasteiger partial charge in [0, 0.05) is 4.70 Å². The molecule has 1 heterocycles. The number of fused-ring (bicyclic) bond motifs is 1. The Labute approximate surface area is 82.7 Å². The van der Waals surface area contributed by atoms with Gasteiger partial charge in [0.15, 0.2) is 5.06 Å². The molecule has 1 aromatic heterocycles. The Morgan fingerprint density at radius 3 is 2.64 bits per heavy atom. The van der Waals surface area contributed by atoms with E-state index < -0.39 is 5.97 Å². The summed E-state index contributed by atoms with van der Waals surface area (Å²) in [5.41, 5.74) is -0.233. The van der Waals surface area contributed by atoms with Gasteiger partial charge in [-0.15, -0.1) is 0 Å². The fraction of sp³-hybridized carbons (Fsp3) is 0. The van der Waals surface area contributed by atoms with E-state index in [1.165, 1.54) is 6.07 Å². The third-order valence-electron chi connectivity index (χ3n) is 1.89. The van der Waals surface area contributed by atoms with Crippen LogP contribution in [0.1, 0.15) is 10.4 Å². The molecule has 0 aliphatic heterocycles. The van der Waals surface area contributed by atoms with Crippen molar-refractivity contribution in [1.82, 2.24) is 0 Å². The minimum Gasteiger partial charge on any atom is -0.507 e. The smallest absolute Gasteiger partial charge is 0.341 e. The molecule has 5 heteroatoms. The normalized spacial score (nSPS) is 10.6. The highest BCUT2D eigenvalue weighted by Crippen LogP contribution is 2.40. The van der Waals surface area contributed by atoms with Gasteiger partial charge in [-0.3, -0.25) is 0 Å². The number of carbonyl (C=O) groups is 1. The number of hydrogen-bond acceptors (Lipinski definition) is 4. The topological polar surface area (TPSA) is 77.8 Å². The SMILES string of the molecule is O=C(O)c1c(O)sc2cccc(O)c12. The van der Waals surface area contributed by atoms with Crippen molar-refractivity contribution in [2.75, 3.05) is 0 Å². The number of phenols is 1. The Morgan fingerprint density at radius 1 is 1.29 bits per heavy atom. The number of benzene rings is 1. The van der Waals surface area contributed by atoms with Crippen molar-refractivity contribution < 1.29 is 20.1 Å². The molecule has 2 rings (SSSR count). The van der Waals surface area contributed by atoms with E-state index in [4.69, 9.17) is 5.11 Å². The number of phenolic OH excluding ortho intramolecular Hbond substituents is 1. The van der Waals surface area contributed by atoms with E-state index in [9.17, 15) is 15.0 Å². The van der Waals surface area contributed by atoms with Crippen LogP contribution < -0.4 is 0 Å². The lowest BCUT2D eigenvalue weighted by molar-refractivity contribution is 0.0696. The summed E-state index contributed by atoms with van der Waals surface area (Å²) in [4.78, 5) is 10.8. The van der Waals surface area contributed by atoms with Crippen LogP contribution in [0.15, 0.2) is 18.2 Å². The van der Waals surface area contributed by atoms with Gasteiger partial charge in [0.2, 0.25) is 0 Å². The number of thiophene rings is 1. The second-order valence-corrected chi connectivity index (χ2v) is 3.77. The number of carboxylic acids is 1. The molecule has 4 nitrogen and oxygen atoms in total. The van der Waals surface area contributed by atoms with Crippen LogP contribution in [0.4, 0.5) is 0 Å². The van der Waals surface area contributed by atoms with Gasteiger partial charge in [-0.05, 0) is 12.1 Å². The van der Waals surface area contributed by atoms with Gasteiger partial charge in [0.05, 0.1) is 5.39 Å². The molecule has 0 unspecified atom stereocenters. The van der Waals surface area contributed by atoms with Crippen LogP contribution in [-0.2, 0) is 0 Å². The Bertz CT molecular complexity index is 515. The zero-order chi connectivity index (χ0) is 10.3. The summed E-state index contributed by atoms with van der Waals surface area (Å²) in [5.74, 6) is -1.37. The lowest BCUT2D eigenvalue weighted by Crippen LogP contribution is -1.94. The Balaban J connectivity index is 2.93. The maximum Gasteiger partial charge on any atom is 0.341 e. The van der Waals surface area contributed by atoms with E-state index >= 15 is 0 Å². The van der Waals surface area contributed by atoms with Gasteiger partial charge in [0.25, 0.3) is 0 Å². The molecule has 0 atom stereocenters. The van der Waals surface area contributed by atoms with E-state index in [2.05, 4.69) is 0 Å². The van der Waals surface area contributed by atoms with Crippen molar-refractivity contribution in [3.63, 3.8) is 0 Å². The summed E-state index contributed by atoms with van der Waals surface area (Å²) in [6.07, 6.45) is 0. The number of aromatic hydroxyl groups is 2. The van der Waals surface area contributed by atoms with E-state index in [0.29, 0.717) is 4.70 Å². The lowest BCUT2D eigenvalue weighted by atomic mass is 10.1. The molecule has 1 aromatic carbocycles. The molecule has 0 spiro atoms. The summed E-state index contributed by atoms with van der Waals surface area (Å²) in [6, 6.07) is 4.63. The highest BCUT2D eigenvalue weighted by molar-refractivity contribution is 7.21. The monoisotopic (exact) mass is 210 g/mol. The molecule has 2 aromatic rings. The first kappa shape index (κ1) is 8.83. The molecule has 0 fully saturated rings. The second kappa shape index (κ2) is 2.88. The van der Waals surface area contributed by atoms with Crippen molar-refractivity contribution in [3.8, 4) is 10.8 Å². The fourth-order valence-corrected chi connectivity index (χ4v) is 2.27. The van der Waals surface area contributed by atoms with E-state index in [1.807, 2.05) is 0 Å². The van der Waals surface area contributed by atoms with E-state index in [0.717, 1.165) is 11.3 Å². The quantitative estimate of drug-likeness (QED) is 0.672. The maximum atomic E-state index is 10.8. The molecule has 0 aliphatic rings. The third kappa shape index (κ3) is 1.10. The van der Waals surface area contributed by atoms with Gasteiger partial charge in [0.1, 0.15) is 11.3 Å². The molecule has 3 N–H and O–H groups in total. The summed E-state index contributed by atoms with van der Waals surface area (Å²) in [6.45, 7) is 0. The van der Waals surface area contributed by atoms with Crippen LogP contribution in [0.5, 0.6) is 10.8 Å². The number of carboxylic acid groups (broad SMARTS) is 1. The summed E-state index contributed by atoms with van der Waals surface area (Å²) in [5, 5.41) is 27.5.